The van der Waals surface area contributed by atoms with Crippen LogP contribution in [0, 0.1) is 0 Å². The van der Waals surface area contributed by atoms with Gasteiger partial charge in [-0.2, -0.15) is 0 Å². The van der Waals surface area contributed by atoms with Gasteiger partial charge in [0.25, 0.3) is 0 Å². The minimum Gasteiger partial charge on any atom is -0.292 e. The van der Waals surface area contributed by atoms with Crippen molar-refractivity contribution in [3.8, 4) is 55.9 Å². The van der Waals surface area contributed by atoms with Crippen molar-refractivity contribution >= 4 is 39.2 Å². The molecule has 1 aliphatic carbocycles. The summed E-state index contributed by atoms with van der Waals surface area (Å²) in [4.78, 5) is 5.18. The number of allylic oxidation sites excluding steroid dienone is 6. The highest BCUT2D eigenvalue weighted by Gasteiger charge is 2.29. The summed E-state index contributed by atoms with van der Waals surface area (Å²) in [6.07, 6.45) is 12.2. The van der Waals surface area contributed by atoms with E-state index in [2.05, 4.69) is 176 Å². The van der Waals surface area contributed by atoms with Crippen molar-refractivity contribution in [2.75, 3.05) is 0 Å². The Morgan fingerprint density at radius 3 is 1.87 bits per heavy atom. The molecule has 55 heavy (non-hydrogen) atoms. The zero-order valence-corrected chi connectivity index (χ0v) is 31.1. The lowest BCUT2D eigenvalue weighted by molar-refractivity contribution is 1.15. The average Bonchev–Trinajstić information content (AvgIpc) is 3.77. The van der Waals surface area contributed by atoms with Crippen LogP contribution in [-0.4, -0.2) is 9.55 Å². The molecule has 7 aromatic carbocycles. The van der Waals surface area contributed by atoms with Gasteiger partial charge in [-0.05, 0) is 121 Å². The number of aromatic nitrogens is 2. The molecule has 9 rings (SSSR count). The van der Waals surface area contributed by atoms with Crippen molar-refractivity contribution in [1.82, 2.24) is 9.55 Å². The number of benzene rings is 7. The van der Waals surface area contributed by atoms with Crippen LogP contribution >= 0.6 is 0 Å². The lowest BCUT2D eigenvalue weighted by Gasteiger charge is -2.21. The molecule has 0 bridgehead atoms. The molecule has 0 amide bonds. The largest absolute Gasteiger partial charge is 0.292 e. The number of fused-ring (bicyclic) bond motifs is 5. The third-order valence-electron chi connectivity index (χ3n) is 10.8. The molecule has 0 aliphatic heterocycles. The highest BCUT2D eigenvalue weighted by atomic mass is 15.1. The third-order valence-corrected chi connectivity index (χ3v) is 10.8. The van der Waals surface area contributed by atoms with E-state index < -0.39 is 0 Å². The molecular weight excluding hydrogens is 665 g/mol. The molecule has 262 valence electrons. The zero-order chi connectivity index (χ0) is 37.5. The third kappa shape index (κ3) is 5.54. The van der Waals surface area contributed by atoms with Crippen molar-refractivity contribution in [3.63, 3.8) is 0 Å². The summed E-state index contributed by atoms with van der Waals surface area (Å²) < 4.78 is 2.20. The van der Waals surface area contributed by atoms with E-state index in [0.29, 0.717) is 0 Å². The predicted octanol–water partition coefficient (Wildman–Crippen LogP) is 12.6. The van der Waals surface area contributed by atoms with Crippen LogP contribution in [0.1, 0.15) is 19.4 Å². The molecule has 0 unspecified atom stereocenters. The van der Waals surface area contributed by atoms with Gasteiger partial charge in [0, 0.05) is 11.3 Å². The lowest BCUT2D eigenvalue weighted by Crippen LogP contribution is -2.28. The van der Waals surface area contributed by atoms with Crippen molar-refractivity contribution in [2.24, 2.45) is 0 Å². The van der Waals surface area contributed by atoms with E-state index in [-0.39, 0.29) is 0 Å². The summed E-state index contributed by atoms with van der Waals surface area (Å²) >= 11 is 0. The highest BCUT2D eigenvalue weighted by Crippen LogP contribution is 2.50. The van der Waals surface area contributed by atoms with E-state index in [9.17, 15) is 0 Å². The Kier molecular flexibility index (Phi) is 8.65. The molecule has 1 aromatic heterocycles. The summed E-state index contributed by atoms with van der Waals surface area (Å²) in [6.45, 7) is 12.7. The quantitative estimate of drug-likeness (QED) is 0.144. The molecule has 0 N–H and O–H groups in total. The second-order valence-corrected chi connectivity index (χ2v) is 13.9. The molecule has 0 fully saturated rings. The van der Waals surface area contributed by atoms with Crippen LogP contribution in [0.15, 0.2) is 189 Å². The van der Waals surface area contributed by atoms with Gasteiger partial charge in [-0.15, -0.1) is 0 Å². The van der Waals surface area contributed by atoms with Crippen LogP contribution in [0.3, 0.4) is 0 Å². The molecule has 0 spiro atoms. The van der Waals surface area contributed by atoms with Gasteiger partial charge in [-0.25, -0.2) is 4.98 Å². The highest BCUT2D eigenvalue weighted by molar-refractivity contribution is 6.17. The van der Waals surface area contributed by atoms with Crippen molar-refractivity contribution in [2.45, 2.75) is 13.8 Å². The molecular formula is C53H40N2. The van der Waals surface area contributed by atoms with Gasteiger partial charge in [0.2, 0.25) is 0 Å². The van der Waals surface area contributed by atoms with Crippen LogP contribution in [0.5, 0.6) is 0 Å². The van der Waals surface area contributed by atoms with E-state index in [1.54, 1.807) is 0 Å². The number of imidazole rings is 1. The molecule has 2 nitrogen and oxygen atoms in total. The molecule has 2 heteroatoms. The summed E-state index contributed by atoms with van der Waals surface area (Å²) in [5.74, 6) is 0.871. The summed E-state index contributed by atoms with van der Waals surface area (Å²) in [5, 5.41) is 4.92. The topological polar surface area (TPSA) is 17.8 Å². The normalized spacial score (nSPS) is 12.8. The number of nitrogens with zero attached hydrogens (tertiary/aromatic N) is 2. The van der Waals surface area contributed by atoms with E-state index in [1.165, 1.54) is 60.5 Å². The monoisotopic (exact) mass is 704 g/mol. The molecule has 0 radical (unpaired) electrons. The Bertz CT molecular complexity index is 3010. The van der Waals surface area contributed by atoms with Crippen molar-refractivity contribution in [1.29, 1.82) is 0 Å². The molecule has 0 atom stereocenters. The van der Waals surface area contributed by atoms with Crippen LogP contribution < -0.4 is 10.4 Å². The van der Waals surface area contributed by atoms with Crippen molar-refractivity contribution in [3.05, 3.63) is 205 Å². The maximum Gasteiger partial charge on any atom is 0.145 e. The van der Waals surface area contributed by atoms with Gasteiger partial charge >= 0.3 is 0 Å². The van der Waals surface area contributed by atoms with Gasteiger partial charge in [0.05, 0.1) is 11.0 Å². The SMILES string of the molecule is C=C/C=c1/c(-c2cccc(-c3nc4ccccc4n3/C(C=C)=C/C=C\C)c2)ccc2c1=C(C)c1c-2c(-c2ccccc2)c2ccccc2c1-c1ccccc1. The Morgan fingerprint density at radius 1 is 0.600 bits per heavy atom. The van der Waals surface area contributed by atoms with E-state index in [1.807, 2.05) is 37.3 Å². The van der Waals surface area contributed by atoms with Crippen LogP contribution in [-0.2, 0) is 0 Å². The fraction of sp³-hybridized carbons (Fsp3) is 0.0377. The first-order valence-electron chi connectivity index (χ1n) is 18.8. The Morgan fingerprint density at radius 2 is 1.20 bits per heavy atom. The Hall–Kier alpha value is -7.03. The van der Waals surface area contributed by atoms with Crippen LogP contribution in [0.2, 0.25) is 0 Å². The first-order valence-corrected chi connectivity index (χ1v) is 18.8. The van der Waals surface area contributed by atoms with Crippen LogP contribution in [0.4, 0.5) is 0 Å². The Labute approximate surface area is 322 Å². The maximum absolute atomic E-state index is 5.18. The van der Waals surface area contributed by atoms with Gasteiger partial charge < -0.3 is 0 Å². The first-order chi connectivity index (χ1) is 27.1. The minimum absolute atomic E-state index is 0.871. The van der Waals surface area contributed by atoms with Crippen LogP contribution in [0.25, 0.3) is 95.0 Å². The number of rotatable bonds is 8. The smallest absolute Gasteiger partial charge is 0.145 e. The van der Waals surface area contributed by atoms with Crippen molar-refractivity contribution < 1.29 is 0 Å². The molecule has 8 aromatic rings. The number of hydrogen-bond donors (Lipinski definition) is 0. The molecule has 1 aliphatic rings. The Balaban J connectivity index is 1.33. The standard InChI is InChI=1S/C53H40N2/c1-5-8-27-40(7-3)55-47-31-18-17-30-46(47)54-53(55)39-26-19-25-38(34-39)41-32-33-45-48(42(41)20-6-2)35(4)49-50(36-21-11-9-12-22-36)43-28-15-16-29-44(43)51(52(45)49)37-23-13-10-14-24-37/h5-34H,2-3H2,1,4H3/b8-5-,40-27+,42-20-. The molecule has 1 heterocycles. The minimum atomic E-state index is 0.871. The predicted molar refractivity (Wildman–Crippen MR) is 236 cm³/mol. The fourth-order valence-electron chi connectivity index (χ4n) is 8.53. The fourth-order valence-corrected chi connectivity index (χ4v) is 8.53. The van der Waals surface area contributed by atoms with E-state index >= 15 is 0 Å². The number of hydrogen-bond acceptors (Lipinski definition) is 1. The lowest BCUT2D eigenvalue weighted by atomic mass is 9.82. The first kappa shape index (κ1) is 33.8. The average molecular weight is 705 g/mol. The van der Waals surface area contributed by atoms with E-state index in [0.717, 1.165) is 44.5 Å². The summed E-state index contributed by atoms with van der Waals surface area (Å²) in [7, 11) is 0. The number of para-hydroxylation sites is 2. The van der Waals surface area contributed by atoms with Gasteiger partial charge in [0.15, 0.2) is 0 Å². The summed E-state index contributed by atoms with van der Waals surface area (Å²) in [6, 6.07) is 52.3. The van der Waals surface area contributed by atoms with E-state index in [4.69, 9.17) is 4.98 Å². The zero-order valence-electron chi connectivity index (χ0n) is 31.1. The second kappa shape index (κ2) is 14.1. The summed E-state index contributed by atoms with van der Waals surface area (Å²) in [5.41, 5.74) is 16.3. The molecule has 0 saturated carbocycles. The van der Waals surface area contributed by atoms with Gasteiger partial charge in [-0.3, -0.25) is 4.57 Å². The van der Waals surface area contributed by atoms with Gasteiger partial charge in [-0.1, -0.05) is 165 Å². The molecule has 0 saturated heterocycles. The second-order valence-electron chi connectivity index (χ2n) is 13.9. The van der Waals surface area contributed by atoms with Gasteiger partial charge in [0.1, 0.15) is 5.82 Å². The maximum atomic E-state index is 5.18.